The first-order valence-electron chi connectivity index (χ1n) is 11.8. The highest BCUT2D eigenvalue weighted by Crippen LogP contribution is 2.33. The number of imide groups is 1. The van der Waals surface area contributed by atoms with Crippen molar-refractivity contribution in [1.29, 1.82) is 0 Å². The SMILES string of the molecule is O=C1CCC(N2Cc3cc(N4CCN(Cc5cccc6ccnn56)CC4)c(F)cc3C2=O)C(=O)N1. The van der Waals surface area contributed by atoms with E-state index in [0.29, 0.717) is 29.9 Å². The molecule has 3 aliphatic rings. The predicted octanol–water partition coefficient (Wildman–Crippen LogP) is 1.56. The first-order chi connectivity index (χ1) is 17.0. The molecule has 0 spiro atoms. The predicted molar refractivity (Wildman–Crippen MR) is 125 cm³/mol. The number of rotatable bonds is 4. The summed E-state index contributed by atoms with van der Waals surface area (Å²) < 4.78 is 17.1. The summed E-state index contributed by atoms with van der Waals surface area (Å²) >= 11 is 0. The van der Waals surface area contributed by atoms with E-state index in [2.05, 4.69) is 21.4 Å². The summed E-state index contributed by atoms with van der Waals surface area (Å²) in [5.74, 6) is -1.59. The van der Waals surface area contributed by atoms with E-state index >= 15 is 4.39 Å². The van der Waals surface area contributed by atoms with Crippen molar-refractivity contribution in [3.05, 3.63) is 65.2 Å². The second-order valence-electron chi connectivity index (χ2n) is 9.31. The standard InChI is InChI=1S/C25H25FN6O3/c26-20-13-19-16(14-31(25(19)35)21-4-5-23(33)28-24(21)34)12-22(20)30-10-8-29(9-11-30)15-18-3-1-2-17-6-7-27-32(17)18/h1-3,6-7,12-13,21H,4-5,8-11,14-15H2,(H,28,33,34). The third-order valence-corrected chi connectivity index (χ3v) is 7.19. The Morgan fingerprint density at radius 1 is 1.06 bits per heavy atom. The van der Waals surface area contributed by atoms with Crippen LogP contribution in [-0.2, 0) is 22.7 Å². The Balaban J connectivity index is 1.15. The number of hydrogen-bond donors (Lipinski definition) is 1. The highest BCUT2D eigenvalue weighted by molar-refractivity contribution is 6.05. The first-order valence-corrected chi connectivity index (χ1v) is 11.8. The van der Waals surface area contributed by atoms with Gasteiger partial charge < -0.3 is 9.80 Å². The number of amides is 3. The summed E-state index contributed by atoms with van der Waals surface area (Å²) in [5.41, 5.74) is 3.65. The van der Waals surface area contributed by atoms with E-state index in [9.17, 15) is 14.4 Å². The molecule has 2 aromatic heterocycles. The fourth-order valence-electron chi connectivity index (χ4n) is 5.32. The normalized spacial score (nSPS) is 21.1. The number of nitrogens with one attached hydrogen (secondary N) is 1. The Bertz CT molecular complexity index is 1350. The Morgan fingerprint density at radius 2 is 1.89 bits per heavy atom. The van der Waals surface area contributed by atoms with E-state index < -0.39 is 17.8 Å². The van der Waals surface area contributed by atoms with E-state index in [1.807, 2.05) is 27.6 Å². The lowest BCUT2D eigenvalue weighted by Gasteiger charge is -2.36. The van der Waals surface area contributed by atoms with E-state index in [-0.39, 0.29) is 31.2 Å². The maximum Gasteiger partial charge on any atom is 0.255 e. The molecule has 0 radical (unpaired) electrons. The van der Waals surface area contributed by atoms with Crippen molar-refractivity contribution in [2.75, 3.05) is 31.1 Å². The molecular weight excluding hydrogens is 451 g/mol. The molecule has 2 fully saturated rings. The number of fused-ring (bicyclic) bond motifs is 2. The molecule has 0 aliphatic carbocycles. The Hall–Kier alpha value is -3.79. The number of piperazine rings is 1. The quantitative estimate of drug-likeness (QED) is 0.575. The Kier molecular flexibility index (Phi) is 5.25. The molecule has 1 N–H and O–H groups in total. The van der Waals surface area contributed by atoms with Crippen LogP contribution < -0.4 is 10.2 Å². The van der Waals surface area contributed by atoms with E-state index in [1.54, 1.807) is 12.3 Å². The fraction of sp³-hybridized carbons (Fsp3) is 0.360. The van der Waals surface area contributed by atoms with Crippen molar-refractivity contribution in [1.82, 2.24) is 24.7 Å². The maximum atomic E-state index is 15.1. The third-order valence-electron chi connectivity index (χ3n) is 7.19. The molecule has 5 heterocycles. The number of carbonyl (C=O) groups excluding carboxylic acids is 3. The van der Waals surface area contributed by atoms with E-state index in [0.717, 1.165) is 30.8 Å². The zero-order valence-electron chi connectivity index (χ0n) is 19.1. The van der Waals surface area contributed by atoms with Gasteiger partial charge in [0.15, 0.2) is 0 Å². The van der Waals surface area contributed by atoms with E-state index in [4.69, 9.17) is 0 Å². The molecule has 1 aromatic carbocycles. The molecule has 6 rings (SSSR count). The van der Waals surface area contributed by atoms with Crippen LogP contribution in [0.2, 0.25) is 0 Å². The van der Waals surface area contributed by atoms with Crippen molar-refractivity contribution < 1.29 is 18.8 Å². The fourth-order valence-corrected chi connectivity index (χ4v) is 5.32. The van der Waals surface area contributed by atoms with Crippen molar-refractivity contribution in [3.8, 4) is 0 Å². The van der Waals surface area contributed by atoms with Gasteiger partial charge in [0, 0.05) is 57.4 Å². The van der Waals surface area contributed by atoms with Crippen LogP contribution in [0, 0.1) is 5.82 Å². The van der Waals surface area contributed by atoms with Gasteiger partial charge in [-0.1, -0.05) is 6.07 Å². The van der Waals surface area contributed by atoms with Gasteiger partial charge in [-0.05, 0) is 42.3 Å². The molecule has 3 aliphatic heterocycles. The molecule has 1 unspecified atom stereocenters. The minimum atomic E-state index is -0.707. The molecular formula is C25H25FN6O3. The van der Waals surface area contributed by atoms with Crippen molar-refractivity contribution in [3.63, 3.8) is 0 Å². The van der Waals surface area contributed by atoms with Crippen LogP contribution in [0.5, 0.6) is 0 Å². The average Bonchev–Trinajstić information content (AvgIpc) is 3.45. The lowest BCUT2D eigenvalue weighted by molar-refractivity contribution is -0.136. The monoisotopic (exact) mass is 476 g/mol. The zero-order chi connectivity index (χ0) is 24.1. The van der Waals surface area contributed by atoms with E-state index in [1.165, 1.54) is 11.0 Å². The van der Waals surface area contributed by atoms with Crippen molar-refractivity contribution >= 4 is 28.9 Å². The lowest BCUT2D eigenvalue weighted by atomic mass is 10.0. The van der Waals surface area contributed by atoms with Crippen LogP contribution in [0.3, 0.4) is 0 Å². The number of piperidine rings is 1. The van der Waals surface area contributed by atoms with Crippen LogP contribution >= 0.6 is 0 Å². The number of halogens is 1. The van der Waals surface area contributed by atoms with Gasteiger partial charge in [-0.3, -0.25) is 24.6 Å². The topological polar surface area (TPSA) is 90.3 Å². The largest absolute Gasteiger partial charge is 0.367 e. The van der Waals surface area contributed by atoms with Crippen molar-refractivity contribution in [2.24, 2.45) is 0 Å². The number of pyridine rings is 1. The molecule has 180 valence electrons. The maximum absolute atomic E-state index is 15.1. The Labute approximate surface area is 201 Å². The smallest absolute Gasteiger partial charge is 0.255 e. The van der Waals surface area contributed by atoms with Gasteiger partial charge in [-0.25, -0.2) is 8.91 Å². The van der Waals surface area contributed by atoms with Gasteiger partial charge in [-0.15, -0.1) is 0 Å². The number of carbonyl (C=O) groups is 3. The molecule has 3 aromatic rings. The number of nitrogens with zero attached hydrogens (tertiary/aromatic N) is 5. The van der Waals surface area contributed by atoms with Crippen LogP contribution in [0.4, 0.5) is 10.1 Å². The molecule has 0 bridgehead atoms. The van der Waals surface area contributed by atoms with Crippen LogP contribution in [-0.4, -0.2) is 69.4 Å². The second-order valence-corrected chi connectivity index (χ2v) is 9.31. The molecule has 35 heavy (non-hydrogen) atoms. The van der Waals surface area contributed by atoms with Crippen molar-refractivity contribution in [2.45, 2.75) is 32.0 Å². The average molecular weight is 477 g/mol. The van der Waals surface area contributed by atoms with Gasteiger partial charge in [0.2, 0.25) is 11.8 Å². The van der Waals surface area contributed by atoms with Gasteiger partial charge in [-0.2, -0.15) is 5.10 Å². The summed E-state index contributed by atoms with van der Waals surface area (Å²) in [7, 11) is 0. The first kappa shape index (κ1) is 21.7. The highest BCUT2D eigenvalue weighted by atomic mass is 19.1. The number of benzene rings is 1. The summed E-state index contributed by atoms with van der Waals surface area (Å²) in [4.78, 5) is 42.4. The minimum absolute atomic E-state index is 0.190. The zero-order valence-corrected chi connectivity index (χ0v) is 19.1. The van der Waals surface area contributed by atoms with Gasteiger partial charge in [0.1, 0.15) is 11.9 Å². The summed E-state index contributed by atoms with van der Waals surface area (Å²) in [5, 5.41) is 6.70. The third kappa shape index (κ3) is 3.83. The number of anilines is 1. The second kappa shape index (κ2) is 8.46. The number of hydrogen-bond acceptors (Lipinski definition) is 6. The van der Waals surface area contributed by atoms with Gasteiger partial charge in [0.25, 0.3) is 5.91 Å². The summed E-state index contributed by atoms with van der Waals surface area (Å²) in [6.07, 6.45) is 2.27. The number of aromatic nitrogens is 2. The van der Waals surface area contributed by atoms with Crippen LogP contribution in [0.1, 0.15) is 34.5 Å². The Morgan fingerprint density at radius 3 is 2.69 bits per heavy atom. The lowest BCUT2D eigenvalue weighted by Crippen LogP contribution is -2.52. The molecule has 9 nitrogen and oxygen atoms in total. The molecule has 2 saturated heterocycles. The minimum Gasteiger partial charge on any atom is -0.367 e. The van der Waals surface area contributed by atoms with Crippen LogP contribution in [0.25, 0.3) is 5.52 Å². The highest BCUT2D eigenvalue weighted by Gasteiger charge is 2.40. The van der Waals surface area contributed by atoms with Gasteiger partial charge >= 0.3 is 0 Å². The summed E-state index contributed by atoms with van der Waals surface area (Å²) in [6, 6.07) is 10.4. The molecule has 10 heteroatoms. The van der Waals surface area contributed by atoms with Gasteiger partial charge in [0.05, 0.1) is 16.9 Å². The molecule has 0 saturated carbocycles. The molecule has 3 amide bonds. The van der Waals surface area contributed by atoms with Crippen LogP contribution in [0.15, 0.2) is 42.6 Å². The molecule has 1 atom stereocenters. The summed E-state index contributed by atoms with van der Waals surface area (Å²) in [6.45, 7) is 3.87.